The van der Waals surface area contributed by atoms with Crippen molar-refractivity contribution in [1.82, 2.24) is 19.6 Å². The first-order valence-electron chi connectivity index (χ1n) is 7.65. The zero-order valence-corrected chi connectivity index (χ0v) is 14.2. The Morgan fingerprint density at radius 2 is 2.04 bits per heavy atom. The topological polar surface area (TPSA) is 64.7 Å². The molecule has 3 rings (SSSR count). The van der Waals surface area contributed by atoms with Crippen LogP contribution >= 0.6 is 11.6 Å². The van der Waals surface area contributed by atoms with Gasteiger partial charge in [-0.15, -0.1) is 0 Å². The second kappa shape index (κ2) is 6.88. The molecule has 124 valence electrons. The molecular formula is C17H18ClN5O. The Bertz CT molecular complexity index is 852. The number of benzene rings is 1. The summed E-state index contributed by atoms with van der Waals surface area (Å²) in [7, 11) is 0. The fourth-order valence-corrected chi connectivity index (χ4v) is 2.58. The summed E-state index contributed by atoms with van der Waals surface area (Å²) in [5.74, 6) is 0.441. The van der Waals surface area contributed by atoms with Crippen molar-refractivity contribution in [2.45, 2.75) is 26.4 Å². The molecule has 1 amide bonds. The largest absolute Gasteiger partial charge is 0.307 e. The van der Waals surface area contributed by atoms with Crippen molar-refractivity contribution >= 4 is 23.3 Å². The van der Waals surface area contributed by atoms with Gasteiger partial charge < -0.3 is 5.32 Å². The molecule has 0 fully saturated rings. The van der Waals surface area contributed by atoms with Crippen LogP contribution in [0.4, 0.5) is 5.82 Å². The Kier molecular flexibility index (Phi) is 4.66. The SMILES string of the molecule is CC(C)n1nccc1NC(=O)c1cnn(Cc2ccccc2Cl)c1. The Morgan fingerprint density at radius 1 is 1.25 bits per heavy atom. The predicted molar refractivity (Wildman–Crippen MR) is 93.3 cm³/mol. The molecule has 2 aromatic heterocycles. The van der Waals surface area contributed by atoms with E-state index in [1.165, 1.54) is 0 Å². The predicted octanol–water partition coefficient (Wildman–Crippen LogP) is 3.61. The van der Waals surface area contributed by atoms with Crippen LogP contribution in [0.3, 0.4) is 0 Å². The van der Waals surface area contributed by atoms with E-state index < -0.39 is 0 Å². The third-order valence-electron chi connectivity index (χ3n) is 3.59. The Balaban J connectivity index is 1.72. The third-order valence-corrected chi connectivity index (χ3v) is 3.96. The van der Waals surface area contributed by atoms with Gasteiger partial charge in [-0.2, -0.15) is 10.2 Å². The summed E-state index contributed by atoms with van der Waals surface area (Å²) in [5.41, 5.74) is 1.44. The highest BCUT2D eigenvalue weighted by Crippen LogP contribution is 2.17. The number of amides is 1. The molecular weight excluding hydrogens is 326 g/mol. The number of aromatic nitrogens is 4. The number of carbonyl (C=O) groups is 1. The highest BCUT2D eigenvalue weighted by molar-refractivity contribution is 6.31. The van der Waals surface area contributed by atoms with E-state index in [-0.39, 0.29) is 11.9 Å². The lowest BCUT2D eigenvalue weighted by Gasteiger charge is -2.11. The van der Waals surface area contributed by atoms with Gasteiger partial charge in [0, 0.05) is 23.3 Å². The van der Waals surface area contributed by atoms with Crippen LogP contribution in [0.1, 0.15) is 35.8 Å². The fraction of sp³-hybridized carbons (Fsp3) is 0.235. The standard InChI is InChI=1S/C17H18ClN5O/c1-12(2)23-16(7-8-19-23)21-17(24)14-9-20-22(11-14)10-13-5-3-4-6-15(13)18/h3-9,11-12H,10H2,1-2H3,(H,21,24). The molecule has 0 unspecified atom stereocenters. The zero-order chi connectivity index (χ0) is 17.1. The van der Waals surface area contributed by atoms with Crippen LogP contribution in [0.2, 0.25) is 5.02 Å². The molecule has 0 spiro atoms. The normalized spacial score (nSPS) is 11.0. The highest BCUT2D eigenvalue weighted by Gasteiger charge is 2.13. The molecule has 1 N–H and O–H groups in total. The van der Waals surface area contributed by atoms with Gasteiger partial charge in [0.15, 0.2) is 0 Å². The minimum atomic E-state index is -0.220. The third kappa shape index (κ3) is 3.49. The maximum Gasteiger partial charge on any atom is 0.259 e. The Labute approximate surface area is 145 Å². The van der Waals surface area contributed by atoms with Gasteiger partial charge in [0.25, 0.3) is 5.91 Å². The van der Waals surface area contributed by atoms with E-state index in [1.54, 1.807) is 34.0 Å². The molecule has 0 atom stereocenters. The van der Waals surface area contributed by atoms with Gasteiger partial charge in [0.1, 0.15) is 5.82 Å². The van der Waals surface area contributed by atoms with E-state index in [4.69, 9.17) is 11.6 Å². The first kappa shape index (κ1) is 16.3. The molecule has 0 aliphatic rings. The van der Waals surface area contributed by atoms with E-state index in [9.17, 15) is 4.79 Å². The lowest BCUT2D eigenvalue weighted by atomic mass is 10.2. The minimum Gasteiger partial charge on any atom is -0.307 e. The molecule has 3 aromatic rings. The van der Waals surface area contributed by atoms with Gasteiger partial charge in [-0.25, -0.2) is 4.68 Å². The van der Waals surface area contributed by atoms with Crippen molar-refractivity contribution in [1.29, 1.82) is 0 Å². The van der Waals surface area contributed by atoms with Gasteiger partial charge in [-0.3, -0.25) is 9.48 Å². The van der Waals surface area contributed by atoms with Gasteiger partial charge in [-0.1, -0.05) is 29.8 Å². The average Bonchev–Trinajstić information content (AvgIpc) is 3.19. The van der Waals surface area contributed by atoms with Crippen LogP contribution in [0, 0.1) is 0 Å². The second-order valence-electron chi connectivity index (χ2n) is 5.73. The molecule has 0 aliphatic carbocycles. The molecule has 0 saturated heterocycles. The number of anilines is 1. The Hall–Kier alpha value is -2.60. The lowest BCUT2D eigenvalue weighted by molar-refractivity contribution is 0.102. The number of hydrogen-bond donors (Lipinski definition) is 1. The Morgan fingerprint density at radius 3 is 2.79 bits per heavy atom. The molecule has 0 bridgehead atoms. The summed E-state index contributed by atoms with van der Waals surface area (Å²) in [4.78, 5) is 12.4. The van der Waals surface area contributed by atoms with Crippen molar-refractivity contribution in [2.24, 2.45) is 0 Å². The van der Waals surface area contributed by atoms with Crippen molar-refractivity contribution < 1.29 is 4.79 Å². The summed E-state index contributed by atoms with van der Waals surface area (Å²) < 4.78 is 3.45. The van der Waals surface area contributed by atoms with Gasteiger partial charge >= 0.3 is 0 Å². The fourth-order valence-electron chi connectivity index (χ4n) is 2.38. The summed E-state index contributed by atoms with van der Waals surface area (Å²) in [6.07, 6.45) is 4.91. The second-order valence-corrected chi connectivity index (χ2v) is 6.13. The average molecular weight is 344 g/mol. The number of rotatable bonds is 5. The van der Waals surface area contributed by atoms with E-state index >= 15 is 0 Å². The summed E-state index contributed by atoms with van der Waals surface area (Å²) in [5, 5.41) is 12.0. The summed E-state index contributed by atoms with van der Waals surface area (Å²) >= 11 is 6.16. The molecule has 6 nitrogen and oxygen atoms in total. The van der Waals surface area contributed by atoms with E-state index in [0.717, 1.165) is 5.56 Å². The quantitative estimate of drug-likeness (QED) is 0.769. The van der Waals surface area contributed by atoms with Crippen molar-refractivity contribution in [2.75, 3.05) is 5.32 Å². The number of nitrogens with one attached hydrogen (secondary N) is 1. The van der Waals surface area contributed by atoms with Gasteiger partial charge in [-0.05, 0) is 25.5 Å². The number of hydrogen-bond acceptors (Lipinski definition) is 3. The number of nitrogens with zero attached hydrogens (tertiary/aromatic N) is 4. The van der Waals surface area contributed by atoms with Crippen molar-refractivity contribution in [3.63, 3.8) is 0 Å². The summed E-state index contributed by atoms with van der Waals surface area (Å²) in [6.45, 7) is 4.52. The molecule has 1 aromatic carbocycles. The van der Waals surface area contributed by atoms with Crippen LogP contribution in [-0.4, -0.2) is 25.5 Å². The monoisotopic (exact) mass is 343 g/mol. The molecule has 7 heteroatoms. The van der Waals surface area contributed by atoms with Crippen LogP contribution < -0.4 is 5.32 Å². The highest BCUT2D eigenvalue weighted by atomic mass is 35.5. The molecule has 0 radical (unpaired) electrons. The van der Waals surface area contributed by atoms with E-state index in [2.05, 4.69) is 15.5 Å². The minimum absolute atomic E-state index is 0.165. The zero-order valence-electron chi connectivity index (χ0n) is 13.5. The van der Waals surface area contributed by atoms with Crippen molar-refractivity contribution in [3.05, 3.63) is 65.1 Å². The summed E-state index contributed by atoms with van der Waals surface area (Å²) in [6, 6.07) is 9.51. The molecule has 0 saturated carbocycles. The van der Waals surface area contributed by atoms with Crippen LogP contribution in [0.15, 0.2) is 48.9 Å². The van der Waals surface area contributed by atoms with Crippen LogP contribution in [0.5, 0.6) is 0 Å². The number of halogens is 1. The maximum absolute atomic E-state index is 12.4. The van der Waals surface area contributed by atoms with Crippen molar-refractivity contribution in [3.8, 4) is 0 Å². The molecule has 0 aliphatic heterocycles. The van der Waals surface area contributed by atoms with Crippen LogP contribution in [0.25, 0.3) is 0 Å². The maximum atomic E-state index is 12.4. The number of carbonyl (C=O) groups excluding carboxylic acids is 1. The lowest BCUT2D eigenvalue weighted by Crippen LogP contribution is -2.16. The molecule has 2 heterocycles. The smallest absolute Gasteiger partial charge is 0.259 e. The first-order valence-corrected chi connectivity index (χ1v) is 8.03. The van der Waals surface area contributed by atoms with E-state index in [0.29, 0.717) is 22.9 Å². The van der Waals surface area contributed by atoms with Gasteiger partial charge in [0.2, 0.25) is 0 Å². The van der Waals surface area contributed by atoms with E-state index in [1.807, 2.05) is 38.1 Å². The first-order chi connectivity index (χ1) is 11.5. The molecule has 24 heavy (non-hydrogen) atoms. The van der Waals surface area contributed by atoms with Crippen LogP contribution in [-0.2, 0) is 6.54 Å². The van der Waals surface area contributed by atoms with Gasteiger partial charge in [0.05, 0.1) is 24.5 Å².